The highest BCUT2D eigenvalue weighted by Crippen LogP contribution is 2.31. The Morgan fingerprint density at radius 3 is 1.22 bits per heavy atom. The Balaban J connectivity index is 1.55. The van der Waals surface area contributed by atoms with E-state index in [1.54, 1.807) is 0 Å². The quantitative estimate of drug-likeness (QED) is 0.0591. The van der Waals surface area contributed by atoms with Crippen LogP contribution in [0.1, 0.15) is 11.1 Å². The monoisotopic (exact) mass is 756 g/mol. The van der Waals surface area contributed by atoms with Crippen LogP contribution in [0.5, 0.6) is 0 Å². The summed E-state index contributed by atoms with van der Waals surface area (Å²) in [6, 6.07) is 16.6. The topological polar surface area (TPSA) is 147 Å². The molecular formula is C41H62N3O10+. The molecule has 0 heterocycles. The van der Waals surface area contributed by atoms with Gasteiger partial charge in [0.05, 0.1) is 119 Å². The second kappa shape index (κ2) is 28.9. The molecule has 0 aliphatic heterocycles. The fraction of sp³-hybridized carbons (Fsp3) is 0.537. The smallest absolute Gasteiger partial charge is 0.199 e. The van der Waals surface area contributed by atoms with E-state index in [1.165, 1.54) is 0 Å². The van der Waals surface area contributed by atoms with Gasteiger partial charge in [-0.15, -0.1) is 0 Å². The molecular weight excluding hydrogens is 694 g/mol. The maximum absolute atomic E-state index is 8.73. The number of anilines is 2. The van der Waals surface area contributed by atoms with E-state index in [4.69, 9.17) is 53.8 Å². The minimum Gasteiger partial charge on any atom is -0.399 e. The summed E-state index contributed by atoms with van der Waals surface area (Å²) in [5, 5.41) is 17.5. The lowest BCUT2D eigenvalue weighted by atomic mass is 9.90. The van der Waals surface area contributed by atoms with Crippen LogP contribution in [0.4, 0.5) is 11.4 Å². The van der Waals surface area contributed by atoms with Crippen molar-refractivity contribution in [1.29, 1.82) is 0 Å². The summed E-state index contributed by atoms with van der Waals surface area (Å²) in [5.74, 6) is 0. The standard InChI is InChI=1S/C41H61N3O10/c1-43(2)39-11-5-36(6-12-39)41(35-3-9-38(42)10-4-35)37-7-13-40(14-8-37)44(15-19-47-23-27-51-31-33-53-29-25-49-21-17-45)16-20-48-24-28-52-32-34-54-30-26-50-22-18-46/h3-14,42,45-46H,15-34H2,1-2H3/p+1. The van der Waals surface area contributed by atoms with Gasteiger partial charge in [-0.1, -0.05) is 24.3 Å². The van der Waals surface area contributed by atoms with Crippen molar-refractivity contribution in [2.75, 3.05) is 157 Å². The summed E-state index contributed by atoms with van der Waals surface area (Å²) >= 11 is 0. The molecule has 1 aliphatic rings. The molecule has 2 aromatic rings. The molecule has 0 amide bonds. The summed E-state index contributed by atoms with van der Waals surface area (Å²) in [4.78, 5) is 2.26. The molecule has 0 spiro atoms. The van der Waals surface area contributed by atoms with Crippen molar-refractivity contribution in [3.05, 3.63) is 89.5 Å². The Bertz CT molecular complexity index is 1340. The molecule has 0 fully saturated rings. The van der Waals surface area contributed by atoms with Crippen LogP contribution < -0.4 is 10.6 Å². The summed E-state index contributed by atoms with van der Waals surface area (Å²) in [7, 11) is 4.08. The number of nitrogens with two attached hydrogens (primary N) is 1. The van der Waals surface area contributed by atoms with Gasteiger partial charge in [0.1, 0.15) is 14.1 Å². The number of rotatable bonds is 31. The van der Waals surface area contributed by atoms with Gasteiger partial charge in [0, 0.05) is 36.6 Å². The van der Waals surface area contributed by atoms with Crippen molar-refractivity contribution >= 4 is 22.7 Å². The Morgan fingerprint density at radius 2 is 0.852 bits per heavy atom. The third-order valence-corrected chi connectivity index (χ3v) is 8.11. The van der Waals surface area contributed by atoms with Crippen LogP contribution in [0.2, 0.25) is 0 Å². The first kappa shape index (κ1) is 44.9. The summed E-state index contributed by atoms with van der Waals surface area (Å²) in [6.07, 6.45) is 8.59. The summed E-state index contributed by atoms with van der Waals surface area (Å²) in [6.45, 7) is 8.73. The molecule has 0 saturated heterocycles. The Labute approximate surface area is 321 Å². The van der Waals surface area contributed by atoms with Crippen molar-refractivity contribution in [3.63, 3.8) is 0 Å². The van der Waals surface area contributed by atoms with Gasteiger partial charge in [-0.05, 0) is 58.7 Å². The van der Waals surface area contributed by atoms with Crippen LogP contribution in [-0.4, -0.2) is 167 Å². The van der Waals surface area contributed by atoms with Crippen LogP contribution in [0.3, 0.4) is 0 Å². The first-order chi connectivity index (χ1) is 26.5. The summed E-state index contributed by atoms with van der Waals surface area (Å²) < 4.78 is 46.5. The average Bonchev–Trinajstić information content (AvgIpc) is 3.19. The largest absolute Gasteiger partial charge is 0.399 e. The number of allylic oxidation sites excluding steroid dienone is 5. The summed E-state index contributed by atoms with van der Waals surface area (Å²) in [5.41, 5.74) is 13.4. The van der Waals surface area contributed by atoms with E-state index in [0.717, 1.165) is 39.4 Å². The van der Waals surface area contributed by atoms with E-state index in [1.807, 2.05) is 26.2 Å². The molecule has 0 atom stereocenters. The van der Waals surface area contributed by atoms with Gasteiger partial charge < -0.3 is 58.7 Å². The molecule has 0 unspecified atom stereocenters. The number of aliphatic hydroxyl groups excluding tert-OH is 2. The second-order valence-corrected chi connectivity index (χ2v) is 12.3. The molecule has 3 rings (SSSR count). The molecule has 0 radical (unpaired) electrons. The van der Waals surface area contributed by atoms with Gasteiger partial charge in [0.25, 0.3) is 0 Å². The van der Waals surface area contributed by atoms with E-state index in [-0.39, 0.29) is 13.2 Å². The van der Waals surface area contributed by atoms with Crippen molar-refractivity contribution in [2.45, 2.75) is 0 Å². The molecule has 54 heavy (non-hydrogen) atoms. The molecule has 0 aromatic heterocycles. The Kier molecular flexibility index (Phi) is 24.0. The van der Waals surface area contributed by atoms with Gasteiger partial charge in [0.15, 0.2) is 5.71 Å². The fourth-order valence-electron chi connectivity index (χ4n) is 5.29. The lowest BCUT2D eigenvalue weighted by Crippen LogP contribution is -2.31. The van der Waals surface area contributed by atoms with Gasteiger partial charge in [0.2, 0.25) is 0 Å². The highest BCUT2D eigenvalue weighted by Gasteiger charge is 2.15. The molecule has 13 nitrogen and oxygen atoms in total. The van der Waals surface area contributed by atoms with E-state index >= 15 is 0 Å². The van der Waals surface area contributed by atoms with Crippen molar-refractivity contribution in [1.82, 2.24) is 0 Å². The number of aliphatic hydroxyl groups is 2. The van der Waals surface area contributed by atoms with E-state index < -0.39 is 0 Å². The zero-order chi connectivity index (χ0) is 38.5. The number of ether oxygens (including phenoxy) is 8. The average molecular weight is 757 g/mol. The molecule has 1 aliphatic carbocycles. The highest BCUT2D eigenvalue weighted by molar-refractivity contribution is 6.04. The van der Waals surface area contributed by atoms with Crippen molar-refractivity contribution in [2.24, 2.45) is 0 Å². The molecule has 0 bridgehead atoms. The predicted molar refractivity (Wildman–Crippen MR) is 212 cm³/mol. The van der Waals surface area contributed by atoms with E-state index in [9.17, 15) is 0 Å². The Hall–Kier alpha value is -3.47. The van der Waals surface area contributed by atoms with Crippen LogP contribution in [0, 0.1) is 0 Å². The van der Waals surface area contributed by atoms with E-state index in [0.29, 0.717) is 119 Å². The molecule has 13 heteroatoms. The highest BCUT2D eigenvalue weighted by atomic mass is 16.6. The lowest BCUT2D eigenvalue weighted by molar-refractivity contribution is -0.462. The maximum atomic E-state index is 8.73. The Morgan fingerprint density at radius 1 is 0.500 bits per heavy atom. The number of hydrogen-bond donors (Lipinski definition) is 3. The minimum atomic E-state index is 0.0109. The number of benzene rings is 2. The molecule has 4 N–H and O–H groups in total. The molecule has 300 valence electrons. The predicted octanol–water partition coefficient (Wildman–Crippen LogP) is 2.83. The second-order valence-electron chi connectivity index (χ2n) is 12.3. The normalized spacial score (nSPS) is 12.5. The number of hydrogen-bond acceptors (Lipinski definition) is 12. The van der Waals surface area contributed by atoms with Crippen LogP contribution >= 0.6 is 0 Å². The number of nitrogen functional groups attached to an aromatic ring is 1. The minimum absolute atomic E-state index is 0.0109. The maximum Gasteiger partial charge on any atom is 0.199 e. The zero-order valence-electron chi connectivity index (χ0n) is 32.2. The van der Waals surface area contributed by atoms with Crippen LogP contribution in [-0.2, 0) is 37.9 Å². The SMILES string of the molecule is C[N+](C)=C1C=CC(=C(c2ccc(N)cc2)c2ccc(N(CCOCCOCCOCCOCCO)CCOCCOCCOCCOCCO)cc2)C=C1. The number of nitrogens with zero attached hydrogens (tertiary/aromatic N) is 2. The third kappa shape index (κ3) is 18.7. The van der Waals surface area contributed by atoms with Gasteiger partial charge in [-0.2, -0.15) is 0 Å². The van der Waals surface area contributed by atoms with Crippen molar-refractivity contribution in [3.8, 4) is 0 Å². The van der Waals surface area contributed by atoms with Gasteiger partial charge in [-0.3, -0.25) is 0 Å². The van der Waals surface area contributed by atoms with Crippen molar-refractivity contribution < 1.29 is 52.7 Å². The molecule has 2 aromatic carbocycles. The first-order valence-corrected chi connectivity index (χ1v) is 18.7. The third-order valence-electron chi connectivity index (χ3n) is 8.11. The first-order valence-electron chi connectivity index (χ1n) is 18.7. The van der Waals surface area contributed by atoms with Gasteiger partial charge in [-0.25, -0.2) is 4.58 Å². The zero-order valence-corrected chi connectivity index (χ0v) is 32.2. The van der Waals surface area contributed by atoms with Gasteiger partial charge >= 0.3 is 0 Å². The van der Waals surface area contributed by atoms with Crippen LogP contribution in [0.25, 0.3) is 5.57 Å². The molecule has 0 saturated carbocycles. The van der Waals surface area contributed by atoms with E-state index in [2.05, 4.69) is 70.2 Å². The lowest BCUT2D eigenvalue weighted by Gasteiger charge is -2.25. The van der Waals surface area contributed by atoms with Crippen LogP contribution in [0.15, 0.2) is 78.4 Å². The fourth-order valence-corrected chi connectivity index (χ4v) is 5.29.